The fourth-order valence-electron chi connectivity index (χ4n) is 0.997. The molecule has 0 aliphatic heterocycles. The van der Waals surface area contributed by atoms with Gasteiger partial charge in [0.15, 0.2) is 3.77 Å². The summed E-state index contributed by atoms with van der Waals surface area (Å²) in [5.74, 6) is 0.999. The quantitative estimate of drug-likeness (QED) is 0.654. The molecule has 11 heavy (non-hydrogen) atoms. The highest BCUT2D eigenvalue weighted by Gasteiger charge is 2.19. The number of rotatable bonds is 0. The van der Waals surface area contributed by atoms with Gasteiger partial charge in [-0.05, 0) is 41.0 Å². The fourth-order valence-corrected chi connectivity index (χ4v) is 2.31. The van der Waals surface area contributed by atoms with Gasteiger partial charge in [-0.3, -0.25) is 0 Å². The van der Waals surface area contributed by atoms with Crippen LogP contribution >= 0.6 is 22.6 Å². The van der Waals surface area contributed by atoms with Gasteiger partial charge in [0, 0.05) is 5.56 Å². The Morgan fingerprint density at radius 2 is 1.91 bits per heavy atom. The Morgan fingerprint density at radius 1 is 1.36 bits per heavy atom. The second-order valence-electron chi connectivity index (χ2n) is 3.79. The monoisotopic (exact) mass is 264 g/mol. The van der Waals surface area contributed by atoms with Gasteiger partial charge in [0.2, 0.25) is 0 Å². The molecule has 0 saturated heterocycles. The molecular weight excluding hydrogens is 251 g/mol. The largest absolute Gasteiger partial charge is 0.455 e. The van der Waals surface area contributed by atoms with Crippen LogP contribution < -0.4 is 0 Å². The van der Waals surface area contributed by atoms with Crippen molar-refractivity contribution in [3.05, 3.63) is 21.2 Å². The molecule has 0 atom stereocenters. The van der Waals surface area contributed by atoms with E-state index in [4.69, 9.17) is 4.42 Å². The average molecular weight is 264 g/mol. The summed E-state index contributed by atoms with van der Waals surface area (Å²) >= 11 is 2.24. The van der Waals surface area contributed by atoms with Crippen LogP contribution in [0.2, 0.25) is 0 Å². The molecule has 62 valence electrons. The van der Waals surface area contributed by atoms with Crippen LogP contribution in [0.5, 0.6) is 0 Å². The van der Waals surface area contributed by atoms with E-state index in [9.17, 15) is 0 Å². The third-order valence-electron chi connectivity index (χ3n) is 1.62. The van der Waals surface area contributed by atoms with Crippen LogP contribution in [0.3, 0.4) is 0 Å². The van der Waals surface area contributed by atoms with Gasteiger partial charge in [0.1, 0.15) is 5.76 Å². The second-order valence-corrected chi connectivity index (χ2v) is 4.77. The van der Waals surface area contributed by atoms with Crippen molar-refractivity contribution in [2.75, 3.05) is 0 Å². The van der Waals surface area contributed by atoms with Crippen LogP contribution in [0.4, 0.5) is 0 Å². The molecule has 0 radical (unpaired) electrons. The van der Waals surface area contributed by atoms with Crippen molar-refractivity contribution in [2.24, 2.45) is 0 Å². The van der Waals surface area contributed by atoms with E-state index < -0.39 is 0 Å². The lowest BCUT2D eigenvalue weighted by Crippen LogP contribution is -2.10. The number of hydrogen-bond acceptors (Lipinski definition) is 1. The summed E-state index contributed by atoms with van der Waals surface area (Å²) in [5.41, 5.74) is 1.50. The van der Waals surface area contributed by atoms with Crippen LogP contribution in [0, 0.1) is 10.7 Å². The van der Waals surface area contributed by atoms with Crippen molar-refractivity contribution >= 4 is 22.6 Å². The lowest BCUT2D eigenvalue weighted by Gasteiger charge is -2.15. The summed E-state index contributed by atoms with van der Waals surface area (Å²) in [6.45, 7) is 8.57. The maximum atomic E-state index is 5.43. The van der Waals surface area contributed by atoms with Crippen molar-refractivity contribution in [1.82, 2.24) is 0 Å². The second kappa shape index (κ2) is 2.81. The first-order valence-electron chi connectivity index (χ1n) is 3.67. The van der Waals surface area contributed by atoms with Crippen LogP contribution in [0.15, 0.2) is 10.5 Å². The van der Waals surface area contributed by atoms with Gasteiger partial charge in [-0.15, -0.1) is 0 Å². The molecule has 0 aliphatic carbocycles. The molecule has 2 heteroatoms. The topological polar surface area (TPSA) is 13.1 Å². The number of halogens is 1. The average Bonchev–Trinajstić information content (AvgIpc) is 2.08. The zero-order chi connectivity index (χ0) is 8.65. The number of furan rings is 1. The van der Waals surface area contributed by atoms with E-state index in [1.807, 2.05) is 6.92 Å². The zero-order valence-corrected chi connectivity index (χ0v) is 9.52. The third-order valence-corrected chi connectivity index (χ3v) is 2.42. The van der Waals surface area contributed by atoms with Gasteiger partial charge >= 0.3 is 0 Å². The standard InChI is InChI=1S/C9H13IO/c1-6-5-7(8(10)11-6)9(2,3)4/h5H,1-4H3. The minimum atomic E-state index is 0.203. The molecule has 0 unspecified atom stereocenters. The lowest BCUT2D eigenvalue weighted by molar-refractivity contribution is 0.488. The first kappa shape index (κ1) is 9.10. The predicted octanol–water partition coefficient (Wildman–Crippen LogP) is 3.49. The van der Waals surface area contributed by atoms with Crippen LogP contribution in [-0.4, -0.2) is 0 Å². The van der Waals surface area contributed by atoms with Crippen molar-refractivity contribution in [1.29, 1.82) is 0 Å². The molecule has 0 spiro atoms. The third kappa shape index (κ3) is 1.98. The minimum Gasteiger partial charge on any atom is -0.455 e. The van der Waals surface area contributed by atoms with Gasteiger partial charge in [-0.2, -0.15) is 0 Å². The van der Waals surface area contributed by atoms with E-state index in [2.05, 4.69) is 49.4 Å². The summed E-state index contributed by atoms with van der Waals surface area (Å²) in [6, 6.07) is 2.11. The fraction of sp³-hybridized carbons (Fsp3) is 0.556. The van der Waals surface area contributed by atoms with E-state index >= 15 is 0 Å². The highest BCUT2D eigenvalue weighted by atomic mass is 127. The Kier molecular flexibility index (Phi) is 2.32. The van der Waals surface area contributed by atoms with Gasteiger partial charge in [-0.1, -0.05) is 20.8 Å². The summed E-state index contributed by atoms with van der Waals surface area (Å²) in [7, 11) is 0. The molecule has 0 aromatic carbocycles. The Balaban J connectivity index is 3.13. The molecule has 0 saturated carbocycles. The van der Waals surface area contributed by atoms with E-state index in [1.165, 1.54) is 5.56 Å². The molecule has 1 aromatic heterocycles. The normalized spacial score (nSPS) is 12.1. The maximum Gasteiger partial charge on any atom is 0.167 e. The van der Waals surface area contributed by atoms with Crippen molar-refractivity contribution in [3.63, 3.8) is 0 Å². The van der Waals surface area contributed by atoms with E-state index in [0.717, 1.165) is 9.53 Å². The van der Waals surface area contributed by atoms with E-state index in [0.29, 0.717) is 0 Å². The molecule has 0 bridgehead atoms. The Bertz CT molecular complexity index is 255. The van der Waals surface area contributed by atoms with Gasteiger partial charge < -0.3 is 4.42 Å². The lowest BCUT2D eigenvalue weighted by atomic mass is 9.89. The van der Waals surface area contributed by atoms with E-state index in [1.54, 1.807) is 0 Å². The first-order chi connectivity index (χ1) is 4.91. The molecule has 1 nitrogen and oxygen atoms in total. The van der Waals surface area contributed by atoms with Crippen molar-refractivity contribution < 1.29 is 4.42 Å². The van der Waals surface area contributed by atoms with E-state index in [-0.39, 0.29) is 5.41 Å². The zero-order valence-electron chi connectivity index (χ0n) is 7.36. The molecule has 0 N–H and O–H groups in total. The highest BCUT2D eigenvalue weighted by Crippen LogP contribution is 2.29. The maximum absolute atomic E-state index is 5.43. The van der Waals surface area contributed by atoms with Gasteiger partial charge in [0.05, 0.1) is 0 Å². The molecule has 1 rings (SSSR count). The van der Waals surface area contributed by atoms with Crippen molar-refractivity contribution in [3.8, 4) is 0 Å². The molecule has 0 fully saturated rings. The predicted molar refractivity (Wildman–Crippen MR) is 54.9 cm³/mol. The van der Waals surface area contributed by atoms with Crippen LogP contribution in [0.25, 0.3) is 0 Å². The molecule has 0 aliphatic rings. The highest BCUT2D eigenvalue weighted by molar-refractivity contribution is 14.1. The summed E-state index contributed by atoms with van der Waals surface area (Å²) < 4.78 is 6.45. The Morgan fingerprint density at radius 3 is 2.09 bits per heavy atom. The van der Waals surface area contributed by atoms with Crippen LogP contribution in [0.1, 0.15) is 32.1 Å². The SMILES string of the molecule is Cc1cc(C(C)(C)C)c(I)o1. The molecular formula is C9H13IO. The number of aryl methyl sites for hydroxylation is 1. The van der Waals surface area contributed by atoms with Crippen molar-refractivity contribution in [2.45, 2.75) is 33.1 Å². The van der Waals surface area contributed by atoms with Gasteiger partial charge in [0.25, 0.3) is 0 Å². The Labute approximate surface area is 81.3 Å². The molecule has 1 heterocycles. The van der Waals surface area contributed by atoms with Crippen LogP contribution in [-0.2, 0) is 5.41 Å². The molecule has 0 amide bonds. The smallest absolute Gasteiger partial charge is 0.167 e. The Hall–Kier alpha value is 0.01000. The molecule has 1 aromatic rings. The summed E-state index contributed by atoms with van der Waals surface area (Å²) in [5, 5.41) is 0. The summed E-state index contributed by atoms with van der Waals surface area (Å²) in [6.07, 6.45) is 0. The number of hydrogen-bond donors (Lipinski definition) is 0. The minimum absolute atomic E-state index is 0.203. The summed E-state index contributed by atoms with van der Waals surface area (Å²) in [4.78, 5) is 0. The first-order valence-corrected chi connectivity index (χ1v) is 4.75. The van der Waals surface area contributed by atoms with Gasteiger partial charge in [-0.25, -0.2) is 0 Å².